The monoisotopic (exact) mass is 237 g/mol. The molecule has 6 nitrogen and oxygen atoms in total. The van der Waals surface area contributed by atoms with Crippen LogP contribution in [-0.2, 0) is 0 Å². The van der Waals surface area contributed by atoms with Crippen LogP contribution in [0.1, 0.15) is 36.2 Å². The second-order valence-electron chi connectivity index (χ2n) is 4.70. The van der Waals surface area contributed by atoms with Crippen molar-refractivity contribution in [3.63, 3.8) is 0 Å². The number of amides is 1. The average molecular weight is 237 g/mol. The van der Waals surface area contributed by atoms with Crippen molar-refractivity contribution in [1.29, 1.82) is 0 Å². The van der Waals surface area contributed by atoms with Crippen LogP contribution in [0.4, 0.5) is 0 Å². The molecule has 1 saturated carbocycles. The maximum Gasteiger partial charge on any atom is 0.291 e. The largest absolute Gasteiger partial charge is 0.348 e. The number of aromatic nitrogens is 3. The molecule has 2 rings (SSSR count). The molecular weight excluding hydrogens is 218 g/mol. The van der Waals surface area contributed by atoms with Gasteiger partial charge in [0, 0.05) is 18.6 Å². The van der Waals surface area contributed by atoms with E-state index >= 15 is 0 Å². The molecule has 0 aromatic carbocycles. The molecule has 1 amide bonds. The Labute approximate surface area is 101 Å². The summed E-state index contributed by atoms with van der Waals surface area (Å²) in [5.41, 5.74) is 0. The van der Waals surface area contributed by atoms with Gasteiger partial charge in [-0.3, -0.25) is 14.8 Å². The van der Waals surface area contributed by atoms with Crippen LogP contribution in [-0.4, -0.2) is 51.7 Å². The van der Waals surface area contributed by atoms with Gasteiger partial charge < -0.3 is 5.32 Å². The Morgan fingerprint density at radius 2 is 2.35 bits per heavy atom. The van der Waals surface area contributed by atoms with Gasteiger partial charge in [-0.1, -0.05) is 0 Å². The molecule has 1 aliphatic rings. The van der Waals surface area contributed by atoms with Crippen molar-refractivity contribution in [2.45, 2.75) is 38.8 Å². The first-order chi connectivity index (χ1) is 8.08. The molecule has 0 saturated heterocycles. The van der Waals surface area contributed by atoms with Crippen molar-refractivity contribution in [2.24, 2.45) is 0 Å². The number of carbonyl (C=O) groups is 1. The highest BCUT2D eigenvalue weighted by Crippen LogP contribution is 2.26. The summed E-state index contributed by atoms with van der Waals surface area (Å²) >= 11 is 0. The van der Waals surface area contributed by atoms with E-state index in [4.69, 9.17) is 0 Å². The fourth-order valence-electron chi connectivity index (χ4n) is 1.75. The molecule has 1 heterocycles. The number of aromatic amines is 1. The van der Waals surface area contributed by atoms with Crippen molar-refractivity contribution in [1.82, 2.24) is 25.4 Å². The Morgan fingerprint density at radius 3 is 2.88 bits per heavy atom. The zero-order valence-corrected chi connectivity index (χ0v) is 10.5. The number of carbonyl (C=O) groups excluding carboxylic acids is 1. The predicted molar refractivity (Wildman–Crippen MR) is 63.7 cm³/mol. The predicted octanol–water partition coefficient (Wildman–Crippen LogP) is 0.326. The molecule has 0 spiro atoms. The number of H-pyrrole nitrogens is 1. The maximum atomic E-state index is 11.7. The van der Waals surface area contributed by atoms with Crippen molar-refractivity contribution in [3.8, 4) is 0 Å². The molecule has 0 bridgehead atoms. The number of hydrogen-bond donors (Lipinski definition) is 2. The Bertz CT molecular complexity index is 398. The number of rotatable bonds is 5. The molecule has 1 fully saturated rings. The minimum absolute atomic E-state index is 0.212. The van der Waals surface area contributed by atoms with Crippen LogP contribution < -0.4 is 5.32 Å². The third-order valence-electron chi connectivity index (χ3n) is 3.18. The SMILES string of the molecule is Cc1nc(C(=O)NCC(C)N(C)C2CC2)n[nH]1. The lowest BCUT2D eigenvalue weighted by Crippen LogP contribution is -2.41. The van der Waals surface area contributed by atoms with E-state index in [-0.39, 0.29) is 11.7 Å². The van der Waals surface area contributed by atoms with E-state index in [0.29, 0.717) is 24.5 Å². The van der Waals surface area contributed by atoms with Gasteiger partial charge in [0.2, 0.25) is 5.82 Å². The summed E-state index contributed by atoms with van der Waals surface area (Å²) in [5, 5.41) is 9.33. The fraction of sp³-hybridized carbons (Fsp3) is 0.727. The average Bonchev–Trinajstić information content (AvgIpc) is 3.07. The second kappa shape index (κ2) is 4.83. The first-order valence-electron chi connectivity index (χ1n) is 5.97. The Hall–Kier alpha value is -1.43. The summed E-state index contributed by atoms with van der Waals surface area (Å²) in [6, 6.07) is 1.04. The minimum atomic E-state index is -0.217. The molecule has 2 N–H and O–H groups in total. The van der Waals surface area contributed by atoms with Crippen LogP contribution in [0.25, 0.3) is 0 Å². The quantitative estimate of drug-likeness (QED) is 0.773. The van der Waals surface area contributed by atoms with Crippen molar-refractivity contribution >= 4 is 5.91 Å². The van der Waals surface area contributed by atoms with E-state index in [2.05, 4.69) is 39.4 Å². The third-order valence-corrected chi connectivity index (χ3v) is 3.18. The van der Waals surface area contributed by atoms with Gasteiger partial charge in [0.25, 0.3) is 5.91 Å². The summed E-state index contributed by atoms with van der Waals surface area (Å²) in [6.45, 7) is 4.51. The lowest BCUT2D eigenvalue weighted by atomic mass is 10.3. The summed E-state index contributed by atoms with van der Waals surface area (Å²) in [5.74, 6) is 0.646. The van der Waals surface area contributed by atoms with E-state index in [9.17, 15) is 4.79 Å². The van der Waals surface area contributed by atoms with E-state index in [1.165, 1.54) is 12.8 Å². The Morgan fingerprint density at radius 1 is 1.65 bits per heavy atom. The lowest BCUT2D eigenvalue weighted by Gasteiger charge is -2.24. The van der Waals surface area contributed by atoms with Crippen molar-refractivity contribution in [3.05, 3.63) is 11.6 Å². The Kier molecular flexibility index (Phi) is 3.42. The number of nitrogens with zero attached hydrogens (tertiary/aromatic N) is 3. The van der Waals surface area contributed by atoms with E-state index in [1.54, 1.807) is 6.92 Å². The van der Waals surface area contributed by atoms with Gasteiger partial charge in [-0.25, -0.2) is 4.98 Å². The third kappa shape index (κ3) is 3.03. The summed E-state index contributed by atoms with van der Waals surface area (Å²) < 4.78 is 0. The van der Waals surface area contributed by atoms with E-state index < -0.39 is 0 Å². The number of aryl methyl sites for hydroxylation is 1. The summed E-state index contributed by atoms with van der Waals surface area (Å²) in [7, 11) is 2.10. The normalized spacial score (nSPS) is 17.2. The maximum absolute atomic E-state index is 11.7. The molecule has 1 atom stereocenters. The molecule has 6 heteroatoms. The van der Waals surface area contributed by atoms with Gasteiger partial charge in [-0.15, -0.1) is 5.10 Å². The molecule has 1 aromatic heterocycles. The van der Waals surface area contributed by atoms with Crippen LogP contribution in [0.5, 0.6) is 0 Å². The molecule has 1 unspecified atom stereocenters. The molecule has 17 heavy (non-hydrogen) atoms. The van der Waals surface area contributed by atoms with Gasteiger partial charge in [0.1, 0.15) is 5.82 Å². The fourth-order valence-corrected chi connectivity index (χ4v) is 1.75. The highest BCUT2D eigenvalue weighted by Gasteiger charge is 2.29. The number of hydrogen-bond acceptors (Lipinski definition) is 4. The van der Waals surface area contributed by atoms with Crippen molar-refractivity contribution < 1.29 is 4.79 Å². The standard InChI is InChI=1S/C11H19N5O/c1-7(16(3)9-4-5-9)6-12-11(17)10-13-8(2)14-15-10/h7,9H,4-6H2,1-3H3,(H,12,17)(H,13,14,15). The van der Waals surface area contributed by atoms with Crippen molar-refractivity contribution in [2.75, 3.05) is 13.6 Å². The zero-order valence-electron chi connectivity index (χ0n) is 10.5. The molecule has 1 aliphatic carbocycles. The number of nitrogens with one attached hydrogen (secondary N) is 2. The van der Waals surface area contributed by atoms with Gasteiger partial charge in [0.15, 0.2) is 0 Å². The van der Waals surface area contributed by atoms with Gasteiger partial charge in [-0.2, -0.15) is 0 Å². The van der Waals surface area contributed by atoms with Gasteiger partial charge in [-0.05, 0) is 33.7 Å². The van der Waals surface area contributed by atoms with Crippen LogP contribution in [0.15, 0.2) is 0 Å². The highest BCUT2D eigenvalue weighted by atomic mass is 16.2. The van der Waals surface area contributed by atoms with Crippen LogP contribution in [0, 0.1) is 6.92 Å². The zero-order chi connectivity index (χ0) is 12.4. The summed E-state index contributed by atoms with van der Waals surface area (Å²) in [6.07, 6.45) is 2.55. The van der Waals surface area contributed by atoms with Gasteiger partial charge in [0.05, 0.1) is 0 Å². The van der Waals surface area contributed by atoms with Crippen LogP contribution in [0.2, 0.25) is 0 Å². The number of likely N-dealkylation sites (N-methyl/N-ethyl adjacent to an activating group) is 1. The minimum Gasteiger partial charge on any atom is -0.348 e. The smallest absolute Gasteiger partial charge is 0.291 e. The van der Waals surface area contributed by atoms with Gasteiger partial charge >= 0.3 is 0 Å². The second-order valence-corrected chi connectivity index (χ2v) is 4.70. The first kappa shape index (κ1) is 12.0. The Balaban J connectivity index is 1.79. The lowest BCUT2D eigenvalue weighted by molar-refractivity contribution is 0.0929. The van der Waals surface area contributed by atoms with Crippen LogP contribution >= 0.6 is 0 Å². The summed E-state index contributed by atoms with van der Waals surface area (Å²) in [4.78, 5) is 18.0. The van der Waals surface area contributed by atoms with E-state index in [0.717, 1.165) is 0 Å². The van der Waals surface area contributed by atoms with Crippen LogP contribution in [0.3, 0.4) is 0 Å². The molecule has 1 aromatic rings. The molecule has 94 valence electrons. The van der Waals surface area contributed by atoms with E-state index in [1.807, 2.05) is 0 Å². The molecule has 0 radical (unpaired) electrons. The first-order valence-corrected chi connectivity index (χ1v) is 5.97. The molecule has 0 aliphatic heterocycles. The molecular formula is C11H19N5O. The topological polar surface area (TPSA) is 73.9 Å². The highest BCUT2D eigenvalue weighted by molar-refractivity contribution is 5.90.